The van der Waals surface area contributed by atoms with Crippen LogP contribution in [-0.2, 0) is 13.3 Å². The number of rotatable bonds is 25. The molecule has 0 saturated heterocycles. The minimum absolute atomic E-state index is 0.747. The third-order valence-electron chi connectivity index (χ3n) is 6.19. The van der Waals surface area contributed by atoms with Crippen LogP contribution in [0.25, 0.3) is 0 Å². The molecular weight excluding hydrogens is 414 g/mol. The second-order valence-corrected chi connectivity index (χ2v) is 13.0. The minimum Gasteiger partial charge on any atom is -0.373 e. The van der Waals surface area contributed by atoms with E-state index in [1.165, 1.54) is 83.7 Å². The van der Waals surface area contributed by atoms with E-state index < -0.39 is 8.80 Å². The van der Waals surface area contributed by atoms with Gasteiger partial charge in [-0.3, -0.25) is 0 Å². The van der Waals surface area contributed by atoms with Gasteiger partial charge in [0.2, 0.25) is 0 Å². The fourth-order valence-corrected chi connectivity index (χ4v) is 6.97. The largest absolute Gasteiger partial charge is 0.501 e. The fraction of sp³-hybridized carbons (Fsp3) is 1.00. The van der Waals surface area contributed by atoms with E-state index in [1.807, 2.05) is 0 Å². The molecular formula is C27H60NO3Si+. The molecule has 32 heavy (non-hydrogen) atoms. The Kier molecular flexibility index (Phi) is 21.6. The molecule has 0 N–H and O–H groups in total. The van der Waals surface area contributed by atoms with Crippen LogP contribution in [0.3, 0.4) is 0 Å². The van der Waals surface area contributed by atoms with Gasteiger partial charge in [-0.05, 0) is 32.1 Å². The quantitative estimate of drug-likeness (QED) is 0.0762. The number of quaternary nitrogens is 1. The van der Waals surface area contributed by atoms with E-state index in [1.54, 1.807) is 0 Å². The van der Waals surface area contributed by atoms with Crippen LogP contribution in [0.15, 0.2) is 0 Å². The van der Waals surface area contributed by atoms with Crippen molar-refractivity contribution in [1.29, 1.82) is 0 Å². The highest BCUT2D eigenvalue weighted by molar-refractivity contribution is 6.60. The average molecular weight is 475 g/mol. The summed E-state index contributed by atoms with van der Waals surface area (Å²) in [5.41, 5.74) is 0. The lowest BCUT2D eigenvalue weighted by Gasteiger charge is -2.33. The van der Waals surface area contributed by atoms with Crippen LogP contribution >= 0.6 is 0 Å². The average Bonchev–Trinajstić information content (AvgIpc) is 2.78. The van der Waals surface area contributed by atoms with Crippen LogP contribution in [0.2, 0.25) is 6.04 Å². The first-order chi connectivity index (χ1) is 15.4. The molecule has 0 spiro atoms. The number of hydrogen-bond acceptors (Lipinski definition) is 3. The monoisotopic (exact) mass is 474 g/mol. The Balaban J connectivity index is 4.13. The summed E-state index contributed by atoms with van der Waals surface area (Å²) in [6, 6.07) is 0.951. The van der Waals surface area contributed by atoms with Gasteiger partial charge < -0.3 is 17.8 Å². The van der Waals surface area contributed by atoms with Crippen LogP contribution in [0.1, 0.15) is 124 Å². The third kappa shape index (κ3) is 18.5. The van der Waals surface area contributed by atoms with Gasteiger partial charge in [0.05, 0.1) is 27.2 Å². The summed E-state index contributed by atoms with van der Waals surface area (Å²) in [5.74, 6) is 0. The smallest absolute Gasteiger partial charge is 0.373 e. The molecule has 0 atom stereocenters. The molecule has 4 nitrogen and oxygen atoms in total. The van der Waals surface area contributed by atoms with Gasteiger partial charge in [-0.1, -0.05) is 85.5 Å². The Labute approximate surface area is 203 Å². The van der Waals surface area contributed by atoms with E-state index >= 15 is 0 Å². The molecule has 0 aromatic heterocycles. The van der Waals surface area contributed by atoms with Crippen molar-refractivity contribution in [3.8, 4) is 0 Å². The van der Waals surface area contributed by atoms with Crippen LogP contribution in [0.4, 0.5) is 0 Å². The molecule has 0 rings (SSSR count). The van der Waals surface area contributed by atoms with Crippen molar-refractivity contribution in [3.05, 3.63) is 0 Å². The van der Waals surface area contributed by atoms with Gasteiger partial charge in [-0.15, -0.1) is 0 Å². The normalized spacial score (nSPS) is 12.6. The summed E-state index contributed by atoms with van der Waals surface area (Å²) in [6.45, 7) is 13.5. The van der Waals surface area contributed by atoms with E-state index in [-0.39, 0.29) is 0 Å². The molecule has 0 aliphatic rings. The first kappa shape index (κ1) is 32.1. The molecule has 0 bridgehead atoms. The second-order valence-electron chi connectivity index (χ2n) is 10.3. The predicted molar refractivity (Wildman–Crippen MR) is 142 cm³/mol. The van der Waals surface area contributed by atoms with Crippen molar-refractivity contribution >= 4 is 8.80 Å². The fourth-order valence-electron chi connectivity index (χ4n) is 4.15. The molecule has 0 aromatic rings. The first-order valence-corrected chi connectivity index (χ1v) is 16.1. The molecule has 0 aromatic carbocycles. The minimum atomic E-state index is -2.54. The van der Waals surface area contributed by atoms with Gasteiger partial charge in [0.25, 0.3) is 0 Å². The Bertz CT molecular complexity index is 371. The summed E-state index contributed by atoms with van der Waals surface area (Å²) in [4.78, 5) is 0. The molecule has 194 valence electrons. The van der Waals surface area contributed by atoms with E-state index in [2.05, 4.69) is 41.8 Å². The highest BCUT2D eigenvalue weighted by Crippen LogP contribution is 2.21. The van der Waals surface area contributed by atoms with Crippen LogP contribution in [-0.4, -0.2) is 60.3 Å². The van der Waals surface area contributed by atoms with Gasteiger partial charge >= 0.3 is 8.80 Å². The van der Waals surface area contributed by atoms with Crippen molar-refractivity contribution in [2.75, 3.05) is 47.0 Å². The van der Waals surface area contributed by atoms with Crippen LogP contribution in [0.5, 0.6) is 0 Å². The molecule has 0 amide bonds. The van der Waals surface area contributed by atoms with E-state index in [0.717, 1.165) is 56.0 Å². The lowest BCUT2D eigenvalue weighted by atomic mass is 10.1. The zero-order valence-corrected chi connectivity index (χ0v) is 24.0. The Morgan fingerprint density at radius 2 is 0.844 bits per heavy atom. The van der Waals surface area contributed by atoms with Crippen molar-refractivity contribution < 1.29 is 17.8 Å². The Hall–Kier alpha value is 0.0569. The van der Waals surface area contributed by atoms with Crippen molar-refractivity contribution in [3.63, 3.8) is 0 Å². The molecule has 0 fully saturated rings. The molecule has 0 heterocycles. The summed E-state index contributed by atoms with van der Waals surface area (Å²) in [7, 11) is 2.23. The van der Waals surface area contributed by atoms with Crippen LogP contribution in [0, 0.1) is 0 Å². The van der Waals surface area contributed by atoms with Crippen LogP contribution < -0.4 is 0 Å². The molecule has 0 saturated carbocycles. The maximum absolute atomic E-state index is 6.26. The summed E-state index contributed by atoms with van der Waals surface area (Å²) < 4.78 is 19.9. The summed E-state index contributed by atoms with van der Waals surface area (Å²) >= 11 is 0. The zero-order valence-electron chi connectivity index (χ0n) is 23.0. The standard InChI is InChI=1S/C27H60NO3Si/c1-7-11-12-13-14-15-16-17-18-19-20-22-28(5,6)23-21-27-32(29-24-8-2,30-25-9-3)31-26-10-4/h7-27H2,1-6H3/q+1. The maximum atomic E-state index is 6.26. The van der Waals surface area contributed by atoms with Crippen molar-refractivity contribution in [1.82, 2.24) is 0 Å². The molecule has 0 radical (unpaired) electrons. The highest BCUT2D eigenvalue weighted by Gasteiger charge is 2.41. The van der Waals surface area contributed by atoms with Gasteiger partial charge in [0.15, 0.2) is 0 Å². The molecule has 0 aliphatic carbocycles. The molecule has 0 unspecified atom stereocenters. The summed E-state index contributed by atoms with van der Waals surface area (Å²) in [6.07, 6.45) is 19.7. The van der Waals surface area contributed by atoms with Gasteiger partial charge in [-0.2, -0.15) is 0 Å². The van der Waals surface area contributed by atoms with Crippen molar-refractivity contribution in [2.24, 2.45) is 0 Å². The summed E-state index contributed by atoms with van der Waals surface area (Å²) in [5, 5.41) is 0. The first-order valence-electron chi connectivity index (χ1n) is 14.2. The maximum Gasteiger partial charge on any atom is 0.501 e. The van der Waals surface area contributed by atoms with Gasteiger partial charge in [0, 0.05) is 32.3 Å². The zero-order chi connectivity index (χ0) is 24.0. The number of unbranched alkanes of at least 4 members (excludes halogenated alkanes) is 10. The number of hydrogen-bond donors (Lipinski definition) is 0. The Morgan fingerprint density at radius 3 is 1.25 bits per heavy atom. The third-order valence-corrected chi connectivity index (χ3v) is 9.09. The lowest BCUT2D eigenvalue weighted by molar-refractivity contribution is -0.890. The van der Waals surface area contributed by atoms with Crippen molar-refractivity contribution in [2.45, 2.75) is 130 Å². The van der Waals surface area contributed by atoms with Gasteiger partial charge in [-0.25, -0.2) is 0 Å². The SMILES string of the molecule is CCCCCCCCCCCCC[N+](C)(C)CCC[Si](OCCC)(OCCC)OCCC. The van der Waals surface area contributed by atoms with Gasteiger partial charge in [0.1, 0.15) is 0 Å². The predicted octanol–water partition coefficient (Wildman–Crippen LogP) is 7.98. The van der Waals surface area contributed by atoms with E-state index in [4.69, 9.17) is 13.3 Å². The molecule has 0 aliphatic heterocycles. The second kappa shape index (κ2) is 21.6. The molecule has 5 heteroatoms. The topological polar surface area (TPSA) is 27.7 Å². The van der Waals surface area contributed by atoms with E-state index in [0.29, 0.717) is 0 Å². The Morgan fingerprint density at radius 1 is 0.469 bits per heavy atom. The highest BCUT2D eigenvalue weighted by atomic mass is 28.4. The van der Waals surface area contributed by atoms with E-state index in [9.17, 15) is 0 Å². The lowest BCUT2D eigenvalue weighted by Crippen LogP contribution is -2.48. The number of nitrogens with zero attached hydrogens (tertiary/aromatic N) is 1.